The van der Waals surface area contributed by atoms with Gasteiger partial charge in [-0.25, -0.2) is 0 Å². The quantitative estimate of drug-likeness (QED) is 0.830. The van der Waals surface area contributed by atoms with Crippen molar-refractivity contribution in [2.24, 2.45) is 11.7 Å². The van der Waals surface area contributed by atoms with Crippen LogP contribution in [-0.4, -0.2) is 18.9 Å². The first-order chi connectivity index (χ1) is 8.43. The highest BCUT2D eigenvalue weighted by molar-refractivity contribution is 5.95. The minimum Gasteiger partial charge on any atom is -0.495 e. The molecular formula is C13H18N2O3. The Morgan fingerprint density at radius 3 is 2.67 bits per heavy atom. The summed E-state index contributed by atoms with van der Waals surface area (Å²) >= 11 is 0. The van der Waals surface area contributed by atoms with Crippen molar-refractivity contribution in [3.8, 4) is 5.75 Å². The molecule has 0 fully saturated rings. The molecule has 5 heteroatoms. The van der Waals surface area contributed by atoms with Crippen molar-refractivity contribution in [3.63, 3.8) is 0 Å². The zero-order valence-electron chi connectivity index (χ0n) is 10.8. The Labute approximate surface area is 106 Å². The van der Waals surface area contributed by atoms with E-state index in [1.807, 2.05) is 19.1 Å². The number of primary amides is 1. The van der Waals surface area contributed by atoms with Gasteiger partial charge in [-0.15, -0.1) is 0 Å². The lowest BCUT2D eigenvalue weighted by Gasteiger charge is -2.13. The Morgan fingerprint density at radius 2 is 2.11 bits per heavy atom. The summed E-state index contributed by atoms with van der Waals surface area (Å²) in [5.74, 6) is -0.625. The van der Waals surface area contributed by atoms with Crippen molar-refractivity contribution in [2.75, 3.05) is 12.4 Å². The SMILES string of the molecule is COc1ccc(C)cc1NC(=O)C(C)CC(N)=O. The molecule has 0 bridgehead atoms. The number of nitrogens with one attached hydrogen (secondary N) is 1. The molecule has 1 atom stereocenters. The maximum absolute atomic E-state index is 11.9. The molecule has 1 unspecified atom stereocenters. The number of methoxy groups -OCH3 is 1. The van der Waals surface area contributed by atoms with Crippen molar-refractivity contribution in [1.29, 1.82) is 0 Å². The summed E-state index contributed by atoms with van der Waals surface area (Å²) in [6.07, 6.45) is 0.0277. The second kappa shape index (κ2) is 6.05. The number of hydrogen-bond acceptors (Lipinski definition) is 3. The fraction of sp³-hybridized carbons (Fsp3) is 0.385. The first kappa shape index (κ1) is 14.0. The molecular weight excluding hydrogens is 232 g/mol. The predicted octanol–water partition coefficient (Wildman–Crippen LogP) is 1.45. The van der Waals surface area contributed by atoms with E-state index in [9.17, 15) is 9.59 Å². The Morgan fingerprint density at radius 1 is 1.44 bits per heavy atom. The van der Waals surface area contributed by atoms with E-state index in [-0.39, 0.29) is 12.3 Å². The number of amides is 2. The second-order valence-electron chi connectivity index (χ2n) is 4.26. The third kappa shape index (κ3) is 3.76. The second-order valence-corrected chi connectivity index (χ2v) is 4.26. The van der Waals surface area contributed by atoms with Crippen LogP contribution in [0.5, 0.6) is 5.75 Å². The van der Waals surface area contributed by atoms with E-state index < -0.39 is 11.8 Å². The van der Waals surface area contributed by atoms with Gasteiger partial charge in [0.25, 0.3) is 0 Å². The monoisotopic (exact) mass is 250 g/mol. The van der Waals surface area contributed by atoms with Gasteiger partial charge < -0.3 is 15.8 Å². The first-order valence-corrected chi connectivity index (χ1v) is 5.68. The smallest absolute Gasteiger partial charge is 0.227 e. The summed E-state index contributed by atoms with van der Waals surface area (Å²) in [7, 11) is 1.53. The number of anilines is 1. The van der Waals surface area contributed by atoms with Crippen molar-refractivity contribution in [3.05, 3.63) is 23.8 Å². The van der Waals surface area contributed by atoms with E-state index >= 15 is 0 Å². The van der Waals surface area contributed by atoms with Gasteiger partial charge in [-0.1, -0.05) is 13.0 Å². The summed E-state index contributed by atoms with van der Waals surface area (Å²) < 4.78 is 5.16. The maximum atomic E-state index is 11.9. The largest absolute Gasteiger partial charge is 0.495 e. The molecule has 0 aromatic heterocycles. The molecule has 18 heavy (non-hydrogen) atoms. The van der Waals surface area contributed by atoms with Crippen LogP contribution in [0.4, 0.5) is 5.69 Å². The zero-order valence-corrected chi connectivity index (χ0v) is 10.8. The van der Waals surface area contributed by atoms with Crippen LogP contribution in [-0.2, 0) is 9.59 Å². The Balaban J connectivity index is 2.80. The van der Waals surface area contributed by atoms with Gasteiger partial charge >= 0.3 is 0 Å². The molecule has 0 saturated heterocycles. The zero-order chi connectivity index (χ0) is 13.7. The van der Waals surface area contributed by atoms with E-state index in [0.717, 1.165) is 5.56 Å². The van der Waals surface area contributed by atoms with E-state index in [4.69, 9.17) is 10.5 Å². The van der Waals surface area contributed by atoms with Crippen LogP contribution in [0.1, 0.15) is 18.9 Å². The number of carbonyl (C=O) groups is 2. The molecule has 5 nitrogen and oxygen atoms in total. The van der Waals surface area contributed by atoms with Crippen molar-refractivity contribution in [2.45, 2.75) is 20.3 Å². The minimum atomic E-state index is -0.492. The van der Waals surface area contributed by atoms with Gasteiger partial charge in [0.15, 0.2) is 0 Å². The summed E-state index contributed by atoms with van der Waals surface area (Å²) in [4.78, 5) is 22.6. The van der Waals surface area contributed by atoms with Gasteiger partial charge in [0, 0.05) is 12.3 Å². The number of ether oxygens (including phenoxy) is 1. The third-order valence-electron chi connectivity index (χ3n) is 2.57. The normalized spacial score (nSPS) is 11.7. The lowest BCUT2D eigenvalue weighted by atomic mass is 10.1. The third-order valence-corrected chi connectivity index (χ3v) is 2.57. The molecule has 1 rings (SSSR count). The number of rotatable bonds is 5. The summed E-state index contributed by atoms with van der Waals surface area (Å²) in [6.45, 7) is 3.57. The highest BCUT2D eigenvalue weighted by Gasteiger charge is 2.17. The molecule has 2 amide bonds. The van der Waals surface area contributed by atoms with Crippen LogP contribution in [0.15, 0.2) is 18.2 Å². The number of aryl methyl sites for hydroxylation is 1. The van der Waals surface area contributed by atoms with Gasteiger partial charge in [-0.2, -0.15) is 0 Å². The van der Waals surface area contributed by atoms with Crippen molar-refractivity contribution >= 4 is 17.5 Å². The van der Waals surface area contributed by atoms with Crippen LogP contribution in [0.3, 0.4) is 0 Å². The summed E-state index contributed by atoms with van der Waals surface area (Å²) in [5.41, 5.74) is 6.67. The van der Waals surface area contributed by atoms with E-state index in [2.05, 4.69) is 5.32 Å². The number of nitrogens with two attached hydrogens (primary N) is 1. The fourth-order valence-electron chi connectivity index (χ4n) is 1.57. The number of carbonyl (C=O) groups excluding carboxylic acids is 2. The molecule has 3 N–H and O–H groups in total. The molecule has 1 aromatic carbocycles. The van der Waals surface area contributed by atoms with Gasteiger partial charge in [0.1, 0.15) is 5.75 Å². The number of hydrogen-bond donors (Lipinski definition) is 2. The van der Waals surface area contributed by atoms with Gasteiger partial charge in [-0.05, 0) is 24.6 Å². The van der Waals surface area contributed by atoms with Crippen molar-refractivity contribution in [1.82, 2.24) is 0 Å². The Kier molecular flexibility index (Phi) is 4.71. The highest BCUT2D eigenvalue weighted by atomic mass is 16.5. The lowest BCUT2D eigenvalue weighted by molar-refractivity contribution is -0.125. The van der Waals surface area contributed by atoms with Crippen LogP contribution in [0, 0.1) is 12.8 Å². The summed E-state index contributed by atoms with van der Waals surface area (Å²) in [6, 6.07) is 5.48. The molecule has 0 aliphatic heterocycles. The van der Waals surface area contributed by atoms with Gasteiger partial charge in [-0.3, -0.25) is 9.59 Å². The number of benzene rings is 1. The molecule has 0 aliphatic rings. The minimum absolute atomic E-state index is 0.0277. The predicted molar refractivity (Wildman–Crippen MR) is 69.3 cm³/mol. The molecule has 0 saturated carbocycles. The van der Waals surface area contributed by atoms with Crippen molar-refractivity contribution < 1.29 is 14.3 Å². The van der Waals surface area contributed by atoms with E-state index in [1.54, 1.807) is 13.0 Å². The average Bonchev–Trinajstić information content (AvgIpc) is 2.28. The lowest BCUT2D eigenvalue weighted by Crippen LogP contribution is -2.25. The Hall–Kier alpha value is -2.04. The first-order valence-electron chi connectivity index (χ1n) is 5.68. The van der Waals surface area contributed by atoms with Crippen LogP contribution in [0.2, 0.25) is 0 Å². The topological polar surface area (TPSA) is 81.4 Å². The fourth-order valence-corrected chi connectivity index (χ4v) is 1.57. The molecule has 0 aliphatic carbocycles. The van der Waals surface area contributed by atoms with Crippen LogP contribution in [0.25, 0.3) is 0 Å². The van der Waals surface area contributed by atoms with Crippen LogP contribution >= 0.6 is 0 Å². The Bertz CT molecular complexity index is 458. The molecule has 0 spiro atoms. The molecule has 1 aromatic rings. The summed E-state index contributed by atoms with van der Waals surface area (Å²) in [5, 5.41) is 2.74. The average molecular weight is 250 g/mol. The van der Waals surface area contributed by atoms with Gasteiger partial charge in [0.05, 0.1) is 12.8 Å². The molecule has 98 valence electrons. The maximum Gasteiger partial charge on any atom is 0.227 e. The van der Waals surface area contributed by atoms with Crippen LogP contribution < -0.4 is 15.8 Å². The van der Waals surface area contributed by atoms with E-state index in [1.165, 1.54) is 7.11 Å². The molecule has 0 heterocycles. The van der Waals surface area contributed by atoms with E-state index in [0.29, 0.717) is 11.4 Å². The highest BCUT2D eigenvalue weighted by Crippen LogP contribution is 2.25. The standard InChI is InChI=1S/C13H18N2O3/c1-8-4-5-11(18-3)10(6-8)15-13(17)9(2)7-12(14)16/h4-6,9H,7H2,1-3H3,(H2,14,16)(H,15,17). The van der Waals surface area contributed by atoms with Gasteiger partial charge in [0.2, 0.25) is 11.8 Å². The molecule has 0 radical (unpaired) electrons.